The van der Waals surface area contributed by atoms with Gasteiger partial charge in [0.15, 0.2) is 0 Å². The number of rotatable bonds is 8. The molecule has 0 spiro atoms. The Morgan fingerprint density at radius 2 is 1.78 bits per heavy atom. The van der Waals surface area contributed by atoms with Gasteiger partial charge in [-0.3, -0.25) is 14.5 Å². The fourth-order valence-corrected chi connectivity index (χ4v) is 2.58. The van der Waals surface area contributed by atoms with Crippen molar-refractivity contribution in [1.29, 1.82) is 0 Å². The van der Waals surface area contributed by atoms with Crippen LogP contribution in [0.2, 0.25) is 5.02 Å². The Morgan fingerprint density at radius 3 is 2.35 bits per heavy atom. The van der Waals surface area contributed by atoms with E-state index in [2.05, 4.69) is 43.2 Å². The second-order valence-electron chi connectivity index (χ2n) is 5.97. The molecule has 0 unspecified atom stereocenters. The molecule has 0 saturated carbocycles. The molecule has 0 atom stereocenters. The predicted molar refractivity (Wildman–Crippen MR) is 93.8 cm³/mol. The summed E-state index contributed by atoms with van der Waals surface area (Å²) in [5.74, 6) is -0.513. The maximum Gasteiger partial charge on any atom is 0.251 e. The maximum atomic E-state index is 11.9. The number of halogens is 1. The first-order valence-corrected chi connectivity index (χ1v) is 8.25. The topological polar surface area (TPSA) is 61.4 Å². The Bertz CT molecular complexity index is 524. The van der Waals surface area contributed by atoms with Gasteiger partial charge in [-0.25, -0.2) is 0 Å². The van der Waals surface area contributed by atoms with E-state index in [1.807, 2.05) is 0 Å². The van der Waals surface area contributed by atoms with Crippen molar-refractivity contribution in [3.05, 3.63) is 34.9 Å². The van der Waals surface area contributed by atoms with Crippen LogP contribution in [0, 0.1) is 0 Å². The Labute approximate surface area is 143 Å². The zero-order valence-electron chi connectivity index (χ0n) is 14.2. The van der Waals surface area contributed by atoms with Gasteiger partial charge in [-0.15, -0.1) is 0 Å². The third-order valence-corrected chi connectivity index (χ3v) is 3.75. The molecule has 2 amide bonds. The van der Waals surface area contributed by atoms with Gasteiger partial charge in [-0.05, 0) is 45.9 Å². The number of carbonyl (C=O) groups excluding carboxylic acids is 2. The number of hydrogen-bond acceptors (Lipinski definition) is 3. The van der Waals surface area contributed by atoms with E-state index in [-0.39, 0.29) is 18.4 Å². The normalized spacial score (nSPS) is 11.1. The number of nitrogens with zero attached hydrogens (tertiary/aromatic N) is 1. The molecule has 0 saturated heterocycles. The minimum Gasteiger partial charge on any atom is -0.353 e. The van der Waals surface area contributed by atoms with Gasteiger partial charge < -0.3 is 10.6 Å². The molecule has 0 heterocycles. The van der Waals surface area contributed by atoms with E-state index in [0.717, 1.165) is 6.54 Å². The highest BCUT2D eigenvalue weighted by Crippen LogP contribution is 2.10. The number of carbonyl (C=O) groups is 2. The second-order valence-corrected chi connectivity index (χ2v) is 6.40. The molecular formula is C17H26ClN3O2. The van der Waals surface area contributed by atoms with E-state index < -0.39 is 0 Å². The van der Waals surface area contributed by atoms with Gasteiger partial charge >= 0.3 is 0 Å². The quantitative estimate of drug-likeness (QED) is 0.764. The number of amides is 2. The first kappa shape index (κ1) is 19.5. The van der Waals surface area contributed by atoms with Gasteiger partial charge in [0.05, 0.1) is 6.54 Å². The smallest absolute Gasteiger partial charge is 0.251 e. The zero-order chi connectivity index (χ0) is 17.4. The van der Waals surface area contributed by atoms with Crippen LogP contribution >= 0.6 is 11.6 Å². The molecule has 0 radical (unpaired) electrons. The molecule has 0 aliphatic rings. The van der Waals surface area contributed by atoms with Gasteiger partial charge in [0.2, 0.25) is 5.91 Å². The van der Waals surface area contributed by atoms with Crippen LogP contribution in [0.15, 0.2) is 24.3 Å². The summed E-state index contributed by atoms with van der Waals surface area (Å²) in [4.78, 5) is 26.0. The summed E-state index contributed by atoms with van der Waals surface area (Å²) in [7, 11) is 0. The summed E-state index contributed by atoms with van der Waals surface area (Å²) in [5.41, 5.74) is 0.441. The maximum absolute atomic E-state index is 11.9. The summed E-state index contributed by atoms with van der Waals surface area (Å²) in [5, 5.41) is 5.90. The molecule has 1 aromatic rings. The Kier molecular flexibility index (Phi) is 8.06. The first-order chi connectivity index (χ1) is 10.8. The molecule has 23 heavy (non-hydrogen) atoms. The molecule has 6 heteroatoms. The van der Waals surface area contributed by atoms with Crippen molar-refractivity contribution >= 4 is 23.4 Å². The average Bonchev–Trinajstić information content (AvgIpc) is 2.48. The van der Waals surface area contributed by atoms with Crippen molar-refractivity contribution in [3.8, 4) is 0 Å². The highest BCUT2D eigenvalue weighted by Gasteiger charge is 2.13. The van der Waals surface area contributed by atoms with Crippen LogP contribution in [-0.4, -0.2) is 48.4 Å². The third-order valence-electron chi connectivity index (χ3n) is 3.52. The highest BCUT2D eigenvalue weighted by molar-refractivity contribution is 6.30. The summed E-state index contributed by atoms with van der Waals surface area (Å²) in [6, 6.07) is 7.47. The average molecular weight is 340 g/mol. The van der Waals surface area contributed by atoms with Crippen LogP contribution in [0.3, 0.4) is 0 Å². The molecule has 2 N–H and O–H groups in total. The van der Waals surface area contributed by atoms with E-state index >= 15 is 0 Å². The lowest BCUT2D eigenvalue weighted by atomic mass is 10.2. The molecule has 0 bridgehead atoms. The van der Waals surface area contributed by atoms with Crippen LogP contribution in [0.5, 0.6) is 0 Å². The monoisotopic (exact) mass is 339 g/mol. The van der Waals surface area contributed by atoms with Crippen molar-refractivity contribution < 1.29 is 9.59 Å². The second kappa shape index (κ2) is 9.53. The van der Waals surface area contributed by atoms with E-state index in [4.69, 9.17) is 11.6 Å². The van der Waals surface area contributed by atoms with Crippen LogP contribution in [0.1, 0.15) is 38.1 Å². The number of benzene rings is 1. The molecule has 0 fully saturated rings. The fourth-order valence-electron chi connectivity index (χ4n) is 2.39. The van der Waals surface area contributed by atoms with Crippen molar-refractivity contribution in [2.24, 2.45) is 0 Å². The van der Waals surface area contributed by atoms with Crippen LogP contribution < -0.4 is 10.6 Å². The van der Waals surface area contributed by atoms with Crippen molar-refractivity contribution in [3.63, 3.8) is 0 Å². The van der Waals surface area contributed by atoms with Gasteiger partial charge in [0, 0.05) is 35.8 Å². The fraction of sp³-hybridized carbons (Fsp3) is 0.529. The highest BCUT2D eigenvalue weighted by atomic mass is 35.5. The van der Waals surface area contributed by atoms with E-state index in [0.29, 0.717) is 29.2 Å². The Hall–Kier alpha value is -1.59. The van der Waals surface area contributed by atoms with E-state index in [1.54, 1.807) is 24.3 Å². The lowest BCUT2D eigenvalue weighted by Crippen LogP contribution is -2.44. The molecule has 1 rings (SSSR count). The third kappa shape index (κ3) is 7.01. The van der Waals surface area contributed by atoms with E-state index in [1.165, 1.54) is 0 Å². The largest absolute Gasteiger partial charge is 0.353 e. The Balaban J connectivity index is 2.33. The van der Waals surface area contributed by atoms with Gasteiger partial charge in [-0.1, -0.05) is 17.7 Å². The van der Waals surface area contributed by atoms with Crippen LogP contribution in [-0.2, 0) is 4.79 Å². The molecule has 0 aliphatic carbocycles. The molecule has 0 aromatic heterocycles. The minimum atomic E-state index is -0.311. The number of hydrogen-bond donors (Lipinski definition) is 2. The Morgan fingerprint density at radius 1 is 1.13 bits per heavy atom. The summed E-state index contributed by atoms with van der Waals surface area (Å²) in [6.45, 7) is 9.82. The SMILES string of the molecule is CC(C)N(CCNC(=O)CNC(=O)c1cccc(Cl)c1)C(C)C. The van der Waals surface area contributed by atoms with Crippen LogP contribution in [0.4, 0.5) is 0 Å². The first-order valence-electron chi connectivity index (χ1n) is 7.87. The minimum absolute atomic E-state index is 0.0469. The molecular weight excluding hydrogens is 314 g/mol. The lowest BCUT2D eigenvalue weighted by molar-refractivity contribution is -0.120. The number of nitrogens with one attached hydrogen (secondary N) is 2. The van der Waals surface area contributed by atoms with Crippen molar-refractivity contribution in [1.82, 2.24) is 15.5 Å². The van der Waals surface area contributed by atoms with Crippen LogP contribution in [0.25, 0.3) is 0 Å². The lowest BCUT2D eigenvalue weighted by Gasteiger charge is -2.30. The van der Waals surface area contributed by atoms with Crippen molar-refractivity contribution in [2.75, 3.05) is 19.6 Å². The zero-order valence-corrected chi connectivity index (χ0v) is 15.0. The summed E-state index contributed by atoms with van der Waals surface area (Å²) >= 11 is 5.84. The molecule has 5 nitrogen and oxygen atoms in total. The predicted octanol–water partition coefficient (Wildman–Crippen LogP) is 2.30. The van der Waals surface area contributed by atoms with Gasteiger partial charge in [0.1, 0.15) is 0 Å². The standard InChI is InChI=1S/C17H26ClN3O2/c1-12(2)21(13(3)4)9-8-19-16(22)11-20-17(23)14-6-5-7-15(18)10-14/h5-7,10,12-13H,8-9,11H2,1-4H3,(H,19,22)(H,20,23). The summed E-state index contributed by atoms with van der Waals surface area (Å²) < 4.78 is 0. The van der Waals surface area contributed by atoms with Crippen molar-refractivity contribution in [2.45, 2.75) is 39.8 Å². The molecule has 128 valence electrons. The molecule has 1 aromatic carbocycles. The van der Waals surface area contributed by atoms with Gasteiger partial charge in [0.25, 0.3) is 5.91 Å². The van der Waals surface area contributed by atoms with Gasteiger partial charge in [-0.2, -0.15) is 0 Å². The van der Waals surface area contributed by atoms with E-state index in [9.17, 15) is 9.59 Å². The summed E-state index contributed by atoms with van der Waals surface area (Å²) in [6.07, 6.45) is 0. The molecule has 0 aliphatic heterocycles.